The Morgan fingerprint density at radius 2 is 1.88 bits per heavy atom. The van der Waals surface area contributed by atoms with Crippen LogP contribution in [0.2, 0.25) is 0 Å². The normalized spacial score (nSPS) is 13.6. The van der Waals surface area contributed by atoms with Gasteiger partial charge in [-0.15, -0.1) is 0 Å². The highest BCUT2D eigenvalue weighted by molar-refractivity contribution is 6.01. The van der Waals surface area contributed by atoms with Crippen LogP contribution in [0, 0.1) is 13.8 Å². The van der Waals surface area contributed by atoms with Crippen LogP contribution in [0.1, 0.15) is 57.9 Å². The number of hydrogen-bond donors (Lipinski definition) is 0. The lowest BCUT2D eigenvalue weighted by molar-refractivity contribution is 0.0470. The van der Waals surface area contributed by atoms with E-state index in [0.717, 1.165) is 24.2 Å². The molecule has 0 N–H and O–H groups in total. The first-order valence-electron chi connectivity index (χ1n) is 8.63. The van der Waals surface area contributed by atoms with Crippen molar-refractivity contribution in [3.05, 3.63) is 52.8 Å². The molecule has 1 heterocycles. The lowest BCUT2D eigenvalue weighted by Crippen LogP contribution is -2.16. The molecular formula is C20H23NO4. The van der Waals surface area contributed by atoms with Crippen molar-refractivity contribution in [1.82, 2.24) is 4.57 Å². The Bertz CT molecular complexity index is 802. The van der Waals surface area contributed by atoms with E-state index in [9.17, 15) is 9.59 Å². The summed E-state index contributed by atoms with van der Waals surface area (Å²) in [6, 6.07) is 9.28. The zero-order chi connectivity index (χ0) is 18.0. The predicted molar refractivity (Wildman–Crippen MR) is 94.4 cm³/mol. The Labute approximate surface area is 147 Å². The van der Waals surface area contributed by atoms with Gasteiger partial charge in [-0.1, -0.05) is 12.1 Å². The fraction of sp³-hybridized carbons (Fsp3) is 0.400. The summed E-state index contributed by atoms with van der Waals surface area (Å²) in [6.07, 6.45) is 2.32. The minimum absolute atomic E-state index is 0.178. The van der Waals surface area contributed by atoms with Crippen LogP contribution in [0.15, 0.2) is 30.3 Å². The molecule has 0 spiro atoms. The monoisotopic (exact) mass is 341 g/mol. The van der Waals surface area contributed by atoms with Crippen LogP contribution in [-0.4, -0.2) is 29.5 Å². The standard InChI is InChI=1S/C20H23NO4/c1-4-24-19-8-6-5-7-16(19)20(23)25-12-18(22)17-11-13(2)21(14(17)3)15-9-10-15/h5-8,11,15H,4,9-10,12H2,1-3H3. The summed E-state index contributed by atoms with van der Waals surface area (Å²) in [5.74, 6) is -0.259. The number of nitrogens with zero attached hydrogens (tertiary/aromatic N) is 1. The Morgan fingerprint density at radius 3 is 2.56 bits per heavy atom. The van der Waals surface area contributed by atoms with Crippen molar-refractivity contribution in [3.8, 4) is 5.75 Å². The number of benzene rings is 1. The van der Waals surface area contributed by atoms with E-state index in [-0.39, 0.29) is 12.4 Å². The maximum absolute atomic E-state index is 12.5. The van der Waals surface area contributed by atoms with Crippen molar-refractivity contribution in [2.24, 2.45) is 0 Å². The third-order valence-corrected chi connectivity index (χ3v) is 4.44. The van der Waals surface area contributed by atoms with Crippen LogP contribution in [0.5, 0.6) is 5.75 Å². The zero-order valence-electron chi connectivity index (χ0n) is 14.9. The minimum atomic E-state index is -0.548. The van der Waals surface area contributed by atoms with Crippen LogP contribution >= 0.6 is 0 Å². The molecule has 0 bridgehead atoms. The summed E-state index contributed by atoms with van der Waals surface area (Å²) >= 11 is 0. The second kappa shape index (κ2) is 7.13. The predicted octanol–water partition coefficient (Wildman–Crippen LogP) is 3.88. The number of aromatic nitrogens is 1. The van der Waals surface area contributed by atoms with Crippen molar-refractivity contribution in [2.45, 2.75) is 39.7 Å². The molecule has 0 aliphatic heterocycles. The van der Waals surface area contributed by atoms with Gasteiger partial charge in [0.1, 0.15) is 11.3 Å². The second-order valence-electron chi connectivity index (χ2n) is 6.31. The highest BCUT2D eigenvalue weighted by Gasteiger charge is 2.28. The zero-order valence-corrected chi connectivity index (χ0v) is 14.9. The molecule has 1 fully saturated rings. The molecule has 5 heteroatoms. The number of Topliss-reactive ketones (excluding diaryl/α,β-unsaturated/α-hetero) is 1. The first-order chi connectivity index (χ1) is 12.0. The molecular weight excluding hydrogens is 318 g/mol. The molecule has 5 nitrogen and oxygen atoms in total. The van der Waals surface area contributed by atoms with Gasteiger partial charge in [-0.25, -0.2) is 4.79 Å². The first kappa shape index (κ1) is 17.3. The average Bonchev–Trinajstić information content (AvgIpc) is 3.38. The van der Waals surface area contributed by atoms with Gasteiger partial charge in [0.25, 0.3) is 0 Å². The van der Waals surface area contributed by atoms with Gasteiger partial charge in [0.2, 0.25) is 5.78 Å². The smallest absolute Gasteiger partial charge is 0.342 e. The highest BCUT2D eigenvalue weighted by atomic mass is 16.5. The fourth-order valence-corrected chi connectivity index (χ4v) is 3.16. The van der Waals surface area contributed by atoms with E-state index in [1.54, 1.807) is 24.3 Å². The Balaban J connectivity index is 1.69. The maximum Gasteiger partial charge on any atom is 0.342 e. The van der Waals surface area contributed by atoms with E-state index in [2.05, 4.69) is 4.57 Å². The van der Waals surface area contributed by atoms with Crippen molar-refractivity contribution in [1.29, 1.82) is 0 Å². The van der Waals surface area contributed by atoms with Crippen LogP contribution in [0.25, 0.3) is 0 Å². The first-order valence-corrected chi connectivity index (χ1v) is 8.63. The average molecular weight is 341 g/mol. The van der Waals surface area contributed by atoms with Gasteiger partial charge in [0, 0.05) is 23.0 Å². The molecule has 1 aliphatic carbocycles. The van der Waals surface area contributed by atoms with Gasteiger partial charge in [0.15, 0.2) is 6.61 Å². The molecule has 132 valence electrons. The van der Waals surface area contributed by atoms with Gasteiger partial charge < -0.3 is 14.0 Å². The maximum atomic E-state index is 12.5. The Hall–Kier alpha value is -2.56. The number of rotatable bonds is 7. The summed E-state index contributed by atoms with van der Waals surface area (Å²) in [6.45, 7) is 5.99. The molecule has 0 amide bonds. The molecule has 1 saturated carbocycles. The van der Waals surface area contributed by atoms with E-state index in [0.29, 0.717) is 29.5 Å². The minimum Gasteiger partial charge on any atom is -0.493 e. The topological polar surface area (TPSA) is 57.5 Å². The summed E-state index contributed by atoms with van der Waals surface area (Å²) < 4.78 is 12.9. The lowest BCUT2D eigenvalue weighted by Gasteiger charge is -2.10. The third kappa shape index (κ3) is 3.60. The number of para-hydroxylation sites is 1. The number of carbonyl (C=O) groups is 2. The van der Waals surface area contributed by atoms with Crippen LogP contribution in [-0.2, 0) is 4.74 Å². The van der Waals surface area contributed by atoms with Gasteiger partial charge in [-0.05, 0) is 51.8 Å². The van der Waals surface area contributed by atoms with Crippen molar-refractivity contribution < 1.29 is 19.1 Å². The molecule has 0 radical (unpaired) electrons. The molecule has 1 aromatic heterocycles. The molecule has 25 heavy (non-hydrogen) atoms. The number of esters is 1. The molecule has 1 aliphatic rings. The van der Waals surface area contributed by atoms with E-state index in [4.69, 9.17) is 9.47 Å². The van der Waals surface area contributed by atoms with Crippen LogP contribution in [0.3, 0.4) is 0 Å². The van der Waals surface area contributed by atoms with Crippen LogP contribution < -0.4 is 4.74 Å². The largest absolute Gasteiger partial charge is 0.493 e. The van der Waals surface area contributed by atoms with Gasteiger partial charge in [0.05, 0.1) is 6.61 Å². The quantitative estimate of drug-likeness (QED) is 0.566. The van der Waals surface area contributed by atoms with Crippen molar-refractivity contribution >= 4 is 11.8 Å². The number of ketones is 1. The Morgan fingerprint density at radius 1 is 1.16 bits per heavy atom. The fourth-order valence-electron chi connectivity index (χ4n) is 3.16. The number of hydrogen-bond acceptors (Lipinski definition) is 4. The summed E-state index contributed by atoms with van der Waals surface area (Å²) in [7, 11) is 0. The molecule has 0 saturated heterocycles. The lowest BCUT2D eigenvalue weighted by atomic mass is 10.1. The van der Waals surface area contributed by atoms with Gasteiger partial charge >= 0.3 is 5.97 Å². The SMILES string of the molecule is CCOc1ccccc1C(=O)OCC(=O)c1cc(C)n(C2CC2)c1C. The second-order valence-corrected chi connectivity index (χ2v) is 6.31. The van der Waals surface area contributed by atoms with Gasteiger partial charge in [-0.2, -0.15) is 0 Å². The van der Waals surface area contributed by atoms with E-state index < -0.39 is 5.97 Å². The number of carbonyl (C=O) groups excluding carboxylic acids is 2. The molecule has 0 unspecified atom stereocenters. The van der Waals surface area contributed by atoms with Crippen molar-refractivity contribution in [3.63, 3.8) is 0 Å². The third-order valence-electron chi connectivity index (χ3n) is 4.44. The highest BCUT2D eigenvalue weighted by Crippen LogP contribution is 2.38. The molecule has 1 aromatic carbocycles. The molecule has 0 atom stereocenters. The van der Waals surface area contributed by atoms with Crippen molar-refractivity contribution in [2.75, 3.05) is 13.2 Å². The summed E-state index contributed by atoms with van der Waals surface area (Å²) in [4.78, 5) is 24.8. The number of aryl methyl sites for hydroxylation is 1. The van der Waals surface area contributed by atoms with E-state index >= 15 is 0 Å². The molecule has 3 rings (SSSR count). The summed E-state index contributed by atoms with van der Waals surface area (Å²) in [5.41, 5.74) is 3.00. The Kier molecular flexibility index (Phi) is 4.93. The van der Waals surface area contributed by atoms with E-state index in [1.165, 1.54) is 0 Å². The summed E-state index contributed by atoms with van der Waals surface area (Å²) in [5, 5.41) is 0. The van der Waals surface area contributed by atoms with Gasteiger partial charge in [-0.3, -0.25) is 4.79 Å². The van der Waals surface area contributed by atoms with Crippen LogP contribution in [0.4, 0.5) is 0 Å². The number of ether oxygens (including phenoxy) is 2. The van der Waals surface area contributed by atoms with E-state index in [1.807, 2.05) is 26.8 Å². The molecule has 2 aromatic rings.